The lowest BCUT2D eigenvalue weighted by Crippen LogP contribution is -2.42. The van der Waals surface area contributed by atoms with E-state index in [0.717, 1.165) is 25.7 Å². The molecule has 146 valence electrons. The van der Waals surface area contributed by atoms with Crippen molar-refractivity contribution in [2.24, 2.45) is 11.8 Å². The molecule has 2 unspecified atom stereocenters. The van der Waals surface area contributed by atoms with Gasteiger partial charge in [0.15, 0.2) is 0 Å². The van der Waals surface area contributed by atoms with Crippen molar-refractivity contribution in [1.29, 1.82) is 0 Å². The first-order valence-electron chi connectivity index (χ1n) is 9.20. The summed E-state index contributed by atoms with van der Waals surface area (Å²) in [5.41, 5.74) is 0.0236. The maximum atomic E-state index is 12.6. The average molecular weight is 394 g/mol. The Labute approximate surface area is 157 Å². The van der Waals surface area contributed by atoms with Gasteiger partial charge in [-0.05, 0) is 62.1 Å². The minimum Gasteiger partial charge on any atom is -0.490 e. The van der Waals surface area contributed by atoms with Gasteiger partial charge in [0.05, 0.1) is 17.2 Å². The maximum absolute atomic E-state index is 12.6. The number of rotatable bonds is 6. The van der Waals surface area contributed by atoms with Crippen molar-refractivity contribution in [3.05, 3.63) is 29.3 Å². The molecule has 27 heavy (non-hydrogen) atoms. The Bertz CT molecular complexity index is 868. The molecule has 1 aliphatic heterocycles. The van der Waals surface area contributed by atoms with Gasteiger partial charge in [0.1, 0.15) is 5.75 Å². The van der Waals surface area contributed by atoms with Gasteiger partial charge in [-0.3, -0.25) is 4.79 Å². The van der Waals surface area contributed by atoms with E-state index < -0.39 is 22.1 Å². The number of benzene rings is 1. The van der Waals surface area contributed by atoms with E-state index in [1.165, 1.54) is 28.9 Å². The van der Waals surface area contributed by atoms with E-state index in [-0.39, 0.29) is 23.0 Å². The summed E-state index contributed by atoms with van der Waals surface area (Å²) in [4.78, 5) is 23.9. The molecule has 9 heteroatoms. The van der Waals surface area contributed by atoms with Crippen LogP contribution in [0.4, 0.5) is 0 Å². The predicted molar refractivity (Wildman–Crippen MR) is 95.8 cm³/mol. The van der Waals surface area contributed by atoms with Gasteiger partial charge < -0.3 is 9.84 Å². The summed E-state index contributed by atoms with van der Waals surface area (Å²) in [5, 5.41) is 9.22. The number of nitrogens with zero attached hydrogens (tertiary/aromatic N) is 1. The zero-order valence-corrected chi connectivity index (χ0v) is 15.6. The Hall–Kier alpha value is -2.13. The summed E-state index contributed by atoms with van der Waals surface area (Å²) in [6.45, 7) is 0.767. The molecule has 2 N–H and O–H groups in total. The highest BCUT2D eigenvalue weighted by Crippen LogP contribution is 2.52. The van der Waals surface area contributed by atoms with Gasteiger partial charge in [-0.25, -0.2) is 9.52 Å². The molecular formula is C18H22N2O6S. The van der Waals surface area contributed by atoms with Gasteiger partial charge in [-0.1, -0.05) is 0 Å². The number of carbonyl (C=O) groups excluding carboxylic acids is 1. The Kier molecular flexibility index (Phi) is 4.59. The molecule has 0 radical (unpaired) electrons. The second-order valence-corrected chi connectivity index (χ2v) is 9.20. The molecule has 1 aromatic rings. The first-order chi connectivity index (χ1) is 12.8. The minimum atomic E-state index is -3.92. The van der Waals surface area contributed by atoms with Crippen LogP contribution in [0.5, 0.6) is 5.75 Å². The van der Waals surface area contributed by atoms with Gasteiger partial charge in [0, 0.05) is 13.1 Å². The van der Waals surface area contributed by atoms with Crippen LogP contribution in [0.3, 0.4) is 0 Å². The SMILES string of the molecule is O=C(O)c1ccc(C(=O)NS(=O)(=O)N2CCCC2)c(OC2CC3CC3C2)c1. The van der Waals surface area contributed by atoms with Crippen molar-refractivity contribution in [2.75, 3.05) is 13.1 Å². The molecule has 8 nitrogen and oxygen atoms in total. The predicted octanol–water partition coefficient (Wildman–Crippen LogP) is 1.63. The lowest BCUT2D eigenvalue weighted by molar-refractivity contribution is 0.0695. The highest BCUT2D eigenvalue weighted by Gasteiger charge is 2.47. The van der Waals surface area contributed by atoms with Gasteiger partial charge in [0.25, 0.3) is 5.91 Å². The number of ether oxygens (including phenoxy) is 1. The number of hydrogen-bond donors (Lipinski definition) is 2. The third-order valence-corrected chi connectivity index (χ3v) is 7.08. The molecule has 1 heterocycles. The number of fused-ring (bicyclic) bond motifs is 1. The van der Waals surface area contributed by atoms with E-state index in [1.54, 1.807) is 0 Å². The van der Waals surface area contributed by atoms with Crippen molar-refractivity contribution >= 4 is 22.1 Å². The molecule has 1 saturated heterocycles. The number of carboxylic acid groups (broad SMARTS) is 1. The van der Waals surface area contributed by atoms with Crippen LogP contribution in [0.25, 0.3) is 0 Å². The van der Waals surface area contributed by atoms with Crippen LogP contribution in [-0.4, -0.2) is 48.9 Å². The summed E-state index contributed by atoms with van der Waals surface area (Å²) < 4.78 is 34.0. The van der Waals surface area contributed by atoms with Crippen molar-refractivity contribution in [3.8, 4) is 5.75 Å². The Morgan fingerprint density at radius 1 is 1.11 bits per heavy atom. The first-order valence-corrected chi connectivity index (χ1v) is 10.6. The summed E-state index contributed by atoms with van der Waals surface area (Å²) in [7, 11) is -3.92. The Morgan fingerprint density at radius 2 is 1.78 bits per heavy atom. The number of carbonyl (C=O) groups is 2. The van der Waals surface area contributed by atoms with E-state index in [9.17, 15) is 23.1 Å². The molecule has 2 saturated carbocycles. The third-order valence-electron chi connectivity index (χ3n) is 5.59. The van der Waals surface area contributed by atoms with Crippen LogP contribution in [0.15, 0.2) is 18.2 Å². The Balaban J connectivity index is 1.56. The Morgan fingerprint density at radius 3 is 2.41 bits per heavy atom. The van der Waals surface area contributed by atoms with E-state index >= 15 is 0 Å². The zero-order chi connectivity index (χ0) is 19.2. The van der Waals surface area contributed by atoms with Crippen molar-refractivity contribution < 1.29 is 27.9 Å². The lowest BCUT2D eigenvalue weighted by atomic mass is 10.1. The summed E-state index contributed by atoms with van der Waals surface area (Å²) >= 11 is 0. The number of hydrogen-bond acceptors (Lipinski definition) is 5. The van der Waals surface area contributed by atoms with Gasteiger partial charge in [-0.15, -0.1) is 0 Å². The molecule has 1 aromatic carbocycles. The van der Waals surface area contributed by atoms with Crippen LogP contribution in [0, 0.1) is 11.8 Å². The van der Waals surface area contributed by atoms with Gasteiger partial charge in [-0.2, -0.15) is 12.7 Å². The molecule has 0 spiro atoms. The van der Waals surface area contributed by atoms with E-state index in [1.807, 2.05) is 0 Å². The monoisotopic (exact) mass is 394 g/mol. The number of aromatic carboxylic acids is 1. The van der Waals surface area contributed by atoms with E-state index in [4.69, 9.17) is 4.74 Å². The quantitative estimate of drug-likeness (QED) is 0.758. The van der Waals surface area contributed by atoms with Crippen molar-refractivity contribution in [2.45, 2.75) is 38.2 Å². The minimum absolute atomic E-state index is 0.00731. The highest BCUT2D eigenvalue weighted by molar-refractivity contribution is 7.87. The van der Waals surface area contributed by atoms with Crippen LogP contribution in [0.2, 0.25) is 0 Å². The molecule has 0 bridgehead atoms. The number of carboxylic acids is 1. The van der Waals surface area contributed by atoms with E-state index in [0.29, 0.717) is 24.9 Å². The topological polar surface area (TPSA) is 113 Å². The average Bonchev–Trinajstić information content (AvgIpc) is 3.03. The van der Waals surface area contributed by atoms with E-state index in [2.05, 4.69) is 4.72 Å². The summed E-state index contributed by atoms with van der Waals surface area (Å²) in [5.74, 6) is -0.506. The normalized spacial score (nSPS) is 27.2. The van der Waals surface area contributed by atoms with Crippen LogP contribution in [0.1, 0.15) is 52.8 Å². The zero-order valence-electron chi connectivity index (χ0n) is 14.8. The molecule has 3 fully saturated rings. The smallest absolute Gasteiger partial charge is 0.335 e. The molecule has 1 amide bonds. The van der Waals surface area contributed by atoms with Crippen molar-refractivity contribution in [1.82, 2.24) is 9.03 Å². The fraction of sp³-hybridized carbons (Fsp3) is 0.556. The summed E-state index contributed by atoms with van der Waals surface area (Å²) in [6, 6.07) is 3.88. The second-order valence-electron chi connectivity index (χ2n) is 7.53. The van der Waals surface area contributed by atoms with Crippen LogP contribution in [-0.2, 0) is 10.2 Å². The fourth-order valence-electron chi connectivity index (χ4n) is 4.04. The molecule has 3 aliphatic rings. The molecule has 2 atom stereocenters. The second kappa shape index (κ2) is 6.79. The molecule has 4 rings (SSSR count). The molecular weight excluding hydrogens is 372 g/mol. The first kappa shape index (κ1) is 18.2. The maximum Gasteiger partial charge on any atom is 0.335 e. The fourth-order valence-corrected chi connectivity index (χ4v) is 5.25. The van der Waals surface area contributed by atoms with Crippen LogP contribution < -0.4 is 9.46 Å². The number of nitrogens with one attached hydrogen (secondary N) is 1. The van der Waals surface area contributed by atoms with Crippen molar-refractivity contribution in [3.63, 3.8) is 0 Å². The van der Waals surface area contributed by atoms with Crippen LogP contribution >= 0.6 is 0 Å². The highest BCUT2D eigenvalue weighted by atomic mass is 32.2. The molecule has 0 aromatic heterocycles. The standard InChI is InChI=1S/C18H22N2O6S/c21-17(19-27(24,25)20-5-1-2-6-20)15-4-3-11(18(22)23)10-16(15)26-14-8-12-7-13(12)9-14/h3-4,10,12-14H,1-2,5-9H2,(H,19,21)(H,22,23). The van der Waals surface area contributed by atoms with Gasteiger partial charge >= 0.3 is 16.2 Å². The number of amides is 1. The third kappa shape index (κ3) is 3.79. The molecule has 2 aliphatic carbocycles. The largest absolute Gasteiger partial charge is 0.490 e. The van der Waals surface area contributed by atoms with Gasteiger partial charge in [0.2, 0.25) is 0 Å². The summed E-state index contributed by atoms with van der Waals surface area (Å²) in [6.07, 6.45) is 4.43. The lowest BCUT2D eigenvalue weighted by Gasteiger charge is -2.20.